The fourth-order valence-electron chi connectivity index (χ4n) is 4.36. The average molecular weight is 497 g/mol. The molecule has 2 aliphatic rings. The summed E-state index contributed by atoms with van der Waals surface area (Å²) in [7, 11) is 1.38. The van der Waals surface area contributed by atoms with Gasteiger partial charge in [0.1, 0.15) is 5.82 Å². The van der Waals surface area contributed by atoms with Gasteiger partial charge in [-0.3, -0.25) is 14.6 Å². The summed E-state index contributed by atoms with van der Waals surface area (Å²) in [5.74, 6) is -0.788. The Morgan fingerprint density at radius 3 is 2.50 bits per heavy atom. The molecule has 0 aliphatic heterocycles. The molecule has 12 heteroatoms. The van der Waals surface area contributed by atoms with Crippen molar-refractivity contribution < 1.29 is 18.7 Å². The Bertz CT molecular complexity index is 1250. The number of ether oxygens (including phenoxy) is 1. The van der Waals surface area contributed by atoms with E-state index in [1.54, 1.807) is 0 Å². The number of esters is 1. The number of rotatable bonds is 9. The number of aromatic nitrogens is 4. The maximum atomic E-state index is 14.0. The number of nitrogens with zero attached hydrogens (tertiary/aromatic N) is 4. The highest BCUT2D eigenvalue weighted by molar-refractivity contribution is 6.03. The fraction of sp³-hybridized carbons (Fsp3) is 0.458. The number of anilines is 3. The monoisotopic (exact) mass is 496 g/mol. The quantitative estimate of drug-likeness (QED) is 0.330. The van der Waals surface area contributed by atoms with Gasteiger partial charge < -0.3 is 26.0 Å². The topological polar surface area (TPSA) is 135 Å². The second-order valence-corrected chi connectivity index (χ2v) is 9.20. The van der Waals surface area contributed by atoms with Crippen LogP contribution in [-0.2, 0) is 9.53 Å². The molecule has 0 atom stereocenters. The van der Waals surface area contributed by atoms with Crippen molar-refractivity contribution in [2.45, 2.75) is 56.7 Å². The molecule has 0 bridgehead atoms. The first-order valence-corrected chi connectivity index (χ1v) is 12.1. The molecule has 2 aliphatic carbocycles. The van der Waals surface area contributed by atoms with Crippen molar-refractivity contribution >= 4 is 34.7 Å². The van der Waals surface area contributed by atoms with Crippen LogP contribution in [0.5, 0.6) is 0 Å². The predicted molar refractivity (Wildman–Crippen MR) is 131 cm³/mol. The van der Waals surface area contributed by atoms with Crippen LogP contribution in [0.15, 0.2) is 30.7 Å². The van der Waals surface area contributed by atoms with Crippen LogP contribution in [0.25, 0.3) is 5.65 Å². The van der Waals surface area contributed by atoms with Gasteiger partial charge in [0.25, 0.3) is 5.91 Å². The summed E-state index contributed by atoms with van der Waals surface area (Å²) in [6.07, 6.45) is 9.69. The summed E-state index contributed by atoms with van der Waals surface area (Å²) in [4.78, 5) is 32.5. The van der Waals surface area contributed by atoms with Crippen molar-refractivity contribution in [2.75, 3.05) is 29.6 Å². The molecule has 0 unspecified atom stereocenters. The molecule has 0 aromatic carbocycles. The largest absolute Gasteiger partial charge is 0.468 e. The lowest BCUT2D eigenvalue weighted by atomic mass is 9.91. The molecular formula is C24H29FN8O3. The van der Waals surface area contributed by atoms with Gasteiger partial charge in [0.05, 0.1) is 37.4 Å². The first-order valence-electron chi connectivity index (χ1n) is 12.1. The summed E-state index contributed by atoms with van der Waals surface area (Å²) < 4.78 is 20.2. The van der Waals surface area contributed by atoms with Gasteiger partial charge in [-0.2, -0.15) is 0 Å². The molecule has 4 N–H and O–H groups in total. The van der Waals surface area contributed by atoms with Gasteiger partial charge in [-0.05, 0) is 44.6 Å². The number of methoxy groups -OCH3 is 1. The van der Waals surface area contributed by atoms with E-state index in [2.05, 4.69) is 36.3 Å². The normalized spacial score (nSPS) is 19.6. The molecule has 0 radical (unpaired) electrons. The van der Waals surface area contributed by atoms with E-state index in [1.807, 2.05) is 6.07 Å². The number of carbonyl (C=O) groups excluding carboxylic acids is 2. The van der Waals surface area contributed by atoms with Crippen molar-refractivity contribution in [1.29, 1.82) is 0 Å². The number of hydrogen-bond acceptors (Lipinski definition) is 9. The van der Waals surface area contributed by atoms with E-state index in [-0.39, 0.29) is 36.0 Å². The van der Waals surface area contributed by atoms with Crippen LogP contribution in [0, 0.1) is 5.82 Å². The smallest absolute Gasteiger partial charge is 0.319 e. The summed E-state index contributed by atoms with van der Waals surface area (Å²) in [6, 6.07) is 4.16. The highest BCUT2D eigenvalue weighted by atomic mass is 19.1. The third-order valence-electron chi connectivity index (χ3n) is 6.50. The van der Waals surface area contributed by atoms with Gasteiger partial charge >= 0.3 is 5.97 Å². The summed E-state index contributed by atoms with van der Waals surface area (Å²) in [6.45, 7) is 0.211. The van der Waals surface area contributed by atoms with E-state index in [9.17, 15) is 14.0 Å². The lowest BCUT2D eigenvalue weighted by Gasteiger charge is -2.30. The van der Waals surface area contributed by atoms with Crippen LogP contribution < -0.4 is 21.3 Å². The van der Waals surface area contributed by atoms with Gasteiger partial charge in [-0.15, -0.1) is 5.10 Å². The summed E-state index contributed by atoms with van der Waals surface area (Å²) >= 11 is 0. The van der Waals surface area contributed by atoms with Crippen molar-refractivity contribution in [3.63, 3.8) is 0 Å². The summed E-state index contributed by atoms with van der Waals surface area (Å²) in [5.41, 5.74) is 1.55. The lowest BCUT2D eigenvalue weighted by molar-refractivity contribution is -0.139. The van der Waals surface area contributed by atoms with Gasteiger partial charge in [-0.25, -0.2) is 13.9 Å². The zero-order chi connectivity index (χ0) is 25.1. The van der Waals surface area contributed by atoms with Gasteiger partial charge in [0.15, 0.2) is 17.2 Å². The zero-order valence-corrected chi connectivity index (χ0v) is 20.0. The molecule has 2 fully saturated rings. The van der Waals surface area contributed by atoms with E-state index in [4.69, 9.17) is 4.74 Å². The van der Waals surface area contributed by atoms with Crippen LogP contribution in [-0.4, -0.2) is 63.2 Å². The highest BCUT2D eigenvalue weighted by Crippen LogP contribution is 2.30. The molecule has 0 spiro atoms. The number of nitrogens with one attached hydrogen (secondary N) is 4. The van der Waals surface area contributed by atoms with Crippen LogP contribution in [0.2, 0.25) is 0 Å². The lowest BCUT2D eigenvalue weighted by Crippen LogP contribution is -2.39. The van der Waals surface area contributed by atoms with E-state index in [0.717, 1.165) is 50.4 Å². The van der Waals surface area contributed by atoms with Crippen LogP contribution >= 0.6 is 0 Å². The molecule has 3 aromatic heterocycles. The number of amides is 1. The van der Waals surface area contributed by atoms with Gasteiger partial charge in [-0.1, -0.05) is 0 Å². The van der Waals surface area contributed by atoms with E-state index < -0.39 is 11.7 Å². The molecule has 190 valence electrons. The second kappa shape index (κ2) is 10.4. The Morgan fingerprint density at radius 1 is 1.06 bits per heavy atom. The Kier molecular flexibility index (Phi) is 6.94. The van der Waals surface area contributed by atoms with Crippen molar-refractivity contribution in [2.24, 2.45) is 0 Å². The minimum atomic E-state index is -0.622. The Hall–Kier alpha value is -3.80. The predicted octanol–water partition coefficient (Wildman–Crippen LogP) is 2.58. The number of halogens is 1. The van der Waals surface area contributed by atoms with Crippen molar-refractivity contribution in [1.82, 2.24) is 24.9 Å². The maximum absolute atomic E-state index is 14.0. The van der Waals surface area contributed by atoms with Crippen molar-refractivity contribution in [3.8, 4) is 0 Å². The number of pyridine rings is 1. The number of carbonyl (C=O) groups is 2. The molecule has 11 nitrogen and oxygen atoms in total. The van der Waals surface area contributed by atoms with Gasteiger partial charge in [0.2, 0.25) is 0 Å². The highest BCUT2D eigenvalue weighted by Gasteiger charge is 2.26. The minimum absolute atomic E-state index is 0.0353. The molecular weight excluding hydrogens is 467 g/mol. The summed E-state index contributed by atoms with van der Waals surface area (Å²) in [5, 5.41) is 17.4. The number of hydrogen-bond donors (Lipinski definition) is 4. The average Bonchev–Trinajstić information content (AvgIpc) is 3.59. The number of imidazole rings is 1. The molecule has 1 amide bonds. The minimum Gasteiger partial charge on any atom is -0.468 e. The van der Waals surface area contributed by atoms with E-state index in [1.165, 1.54) is 30.1 Å². The fourth-order valence-corrected chi connectivity index (χ4v) is 4.36. The molecule has 5 rings (SSSR count). The molecule has 0 saturated heterocycles. The standard InChI is InChI=1S/C24H29FN8O3/c1-36-22(34)13-27-14-2-4-16(5-3-14)30-21-10-19(29-15-6-7-15)23-28-12-20(33(23)32-21)24(35)31-18-8-9-26-11-17(18)25/h8-12,14-16,27,29H,2-7,13H2,1H3,(H,30,32)(H,26,31,35)/t14-,16-. The Labute approximate surface area is 207 Å². The van der Waals surface area contributed by atoms with Crippen molar-refractivity contribution in [3.05, 3.63) is 42.2 Å². The zero-order valence-electron chi connectivity index (χ0n) is 20.0. The van der Waals surface area contributed by atoms with Crippen LogP contribution in [0.4, 0.5) is 21.6 Å². The molecule has 3 heterocycles. The number of fused-ring (bicyclic) bond motifs is 1. The van der Waals surface area contributed by atoms with E-state index in [0.29, 0.717) is 17.5 Å². The van der Waals surface area contributed by atoms with Crippen LogP contribution in [0.3, 0.4) is 0 Å². The Balaban J connectivity index is 1.32. The second-order valence-electron chi connectivity index (χ2n) is 9.20. The third-order valence-corrected chi connectivity index (χ3v) is 6.50. The first-order chi connectivity index (χ1) is 17.5. The van der Waals surface area contributed by atoms with Gasteiger partial charge in [0, 0.05) is 30.4 Å². The molecule has 3 aromatic rings. The first kappa shape index (κ1) is 23.9. The van der Waals surface area contributed by atoms with E-state index >= 15 is 0 Å². The third kappa shape index (κ3) is 5.54. The Morgan fingerprint density at radius 2 is 1.78 bits per heavy atom. The molecule has 2 saturated carbocycles. The molecule has 36 heavy (non-hydrogen) atoms. The SMILES string of the molecule is COC(=O)CN[C@H]1CC[C@H](Nc2cc(NC3CC3)c3ncc(C(=O)Nc4ccncc4F)n3n2)CC1. The van der Waals surface area contributed by atoms with Crippen LogP contribution in [0.1, 0.15) is 49.0 Å². The maximum Gasteiger partial charge on any atom is 0.319 e.